The Labute approximate surface area is 204 Å². The van der Waals surface area contributed by atoms with E-state index in [0.29, 0.717) is 45.8 Å². The second-order valence-electron chi connectivity index (χ2n) is 14.7. The zero-order valence-corrected chi connectivity index (χ0v) is 23.3. The summed E-state index contributed by atoms with van der Waals surface area (Å²) in [6.45, 7) is 20.3. The number of methoxy groups -OCH3 is 1. The molecule has 0 aromatic carbocycles. The van der Waals surface area contributed by atoms with Crippen LogP contribution in [0.2, 0.25) is 0 Å². The van der Waals surface area contributed by atoms with Crippen LogP contribution < -0.4 is 0 Å². The van der Waals surface area contributed by atoms with Gasteiger partial charge in [-0.1, -0.05) is 66.5 Å². The summed E-state index contributed by atoms with van der Waals surface area (Å²) in [6.07, 6.45) is 13.6. The fraction of sp³-hybridized carbons (Fsp3) is 0.903. The summed E-state index contributed by atoms with van der Waals surface area (Å²) in [4.78, 5) is 12.2. The SMILES string of the molecule is COC(=O)CC[C@]1(C)[C@H]2CCC3=C4CC(C)(C)CC[C@]4(C)CC[C@@]3(C)[C@]2(C)CC[C@H]1C(C)C. The minimum absolute atomic E-state index is 0.0336. The van der Waals surface area contributed by atoms with Gasteiger partial charge in [0.05, 0.1) is 7.11 Å². The molecule has 0 aliphatic heterocycles. The second kappa shape index (κ2) is 8.12. The summed E-state index contributed by atoms with van der Waals surface area (Å²) < 4.78 is 5.09. The predicted molar refractivity (Wildman–Crippen MR) is 138 cm³/mol. The van der Waals surface area contributed by atoms with Gasteiger partial charge in [0.15, 0.2) is 0 Å². The Hall–Kier alpha value is -0.790. The normalized spacial score (nSPS) is 44.7. The topological polar surface area (TPSA) is 26.3 Å². The Morgan fingerprint density at radius 1 is 0.939 bits per heavy atom. The van der Waals surface area contributed by atoms with E-state index in [-0.39, 0.29) is 11.4 Å². The first-order chi connectivity index (χ1) is 15.2. The van der Waals surface area contributed by atoms with Gasteiger partial charge in [-0.3, -0.25) is 4.79 Å². The van der Waals surface area contributed by atoms with Crippen LogP contribution in [-0.4, -0.2) is 13.1 Å². The molecule has 0 spiro atoms. The number of ether oxygens (including phenoxy) is 1. The number of carbonyl (C=O) groups is 1. The number of fused-ring (bicyclic) bond motifs is 4. The van der Waals surface area contributed by atoms with Crippen molar-refractivity contribution in [1.82, 2.24) is 0 Å². The van der Waals surface area contributed by atoms with E-state index in [9.17, 15) is 4.79 Å². The molecule has 0 amide bonds. The summed E-state index contributed by atoms with van der Waals surface area (Å²) in [5.41, 5.74) is 5.48. The van der Waals surface area contributed by atoms with Gasteiger partial charge in [-0.2, -0.15) is 0 Å². The summed E-state index contributed by atoms with van der Waals surface area (Å²) in [7, 11) is 1.54. The van der Waals surface area contributed by atoms with Crippen LogP contribution in [0.3, 0.4) is 0 Å². The third kappa shape index (κ3) is 3.76. The van der Waals surface area contributed by atoms with E-state index in [1.165, 1.54) is 57.8 Å². The molecule has 4 aliphatic carbocycles. The van der Waals surface area contributed by atoms with Crippen LogP contribution in [0.15, 0.2) is 11.1 Å². The lowest BCUT2D eigenvalue weighted by atomic mass is 9.36. The molecule has 0 aromatic heterocycles. The molecular formula is C31H52O2. The highest BCUT2D eigenvalue weighted by molar-refractivity contribution is 5.69. The second-order valence-corrected chi connectivity index (χ2v) is 14.7. The van der Waals surface area contributed by atoms with Gasteiger partial charge >= 0.3 is 5.97 Å². The Bertz CT molecular complexity index is 821. The first-order valence-electron chi connectivity index (χ1n) is 14.0. The van der Waals surface area contributed by atoms with Gasteiger partial charge in [0.2, 0.25) is 0 Å². The Balaban J connectivity index is 1.77. The molecule has 0 radical (unpaired) electrons. The molecule has 0 heterocycles. The van der Waals surface area contributed by atoms with Gasteiger partial charge in [-0.25, -0.2) is 0 Å². The van der Waals surface area contributed by atoms with Crippen molar-refractivity contribution in [1.29, 1.82) is 0 Å². The first-order valence-corrected chi connectivity index (χ1v) is 14.0. The maximum absolute atomic E-state index is 12.2. The number of hydrogen-bond acceptors (Lipinski definition) is 2. The molecule has 0 aromatic rings. The number of carbonyl (C=O) groups excluding carboxylic acids is 1. The first kappa shape index (κ1) is 25.3. The molecule has 0 N–H and O–H groups in total. The van der Waals surface area contributed by atoms with E-state index in [1.807, 2.05) is 11.1 Å². The summed E-state index contributed by atoms with van der Waals surface area (Å²) in [5.74, 6) is 2.01. The van der Waals surface area contributed by atoms with Crippen molar-refractivity contribution in [2.45, 2.75) is 126 Å². The number of esters is 1. The fourth-order valence-corrected chi connectivity index (χ4v) is 9.83. The maximum atomic E-state index is 12.2. The van der Waals surface area contributed by atoms with E-state index < -0.39 is 0 Å². The molecule has 0 bridgehead atoms. The Kier molecular flexibility index (Phi) is 6.23. The van der Waals surface area contributed by atoms with Gasteiger partial charge in [0, 0.05) is 6.42 Å². The molecule has 188 valence electrons. The van der Waals surface area contributed by atoms with Crippen LogP contribution in [0.1, 0.15) is 126 Å². The van der Waals surface area contributed by atoms with E-state index >= 15 is 0 Å². The minimum atomic E-state index is -0.0336. The monoisotopic (exact) mass is 456 g/mol. The zero-order valence-electron chi connectivity index (χ0n) is 23.3. The van der Waals surface area contributed by atoms with Crippen molar-refractivity contribution in [2.24, 2.45) is 44.8 Å². The quantitative estimate of drug-likeness (QED) is 0.312. The smallest absolute Gasteiger partial charge is 0.305 e. The molecule has 2 heteroatoms. The van der Waals surface area contributed by atoms with Gasteiger partial charge in [0.1, 0.15) is 0 Å². The van der Waals surface area contributed by atoms with Crippen molar-refractivity contribution in [3.05, 3.63) is 11.1 Å². The van der Waals surface area contributed by atoms with Gasteiger partial charge in [-0.05, 0) is 109 Å². The van der Waals surface area contributed by atoms with E-state index in [2.05, 4.69) is 55.4 Å². The molecule has 0 unspecified atom stereocenters. The maximum Gasteiger partial charge on any atom is 0.305 e. The number of allylic oxidation sites excluding steroid dienone is 2. The van der Waals surface area contributed by atoms with Crippen LogP contribution in [-0.2, 0) is 9.53 Å². The standard InChI is InChI=1S/C31H52O2/c1-21(2)22-12-15-31(8)25(29(22,6)14-13-26(32)33-9)11-10-23-24-20-27(3,4)16-17-28(24,5)18-19-30(23,31)7/h21-22,25H,10-20H2,1-9H3/t22-,25+,28+,29-,30+,31+/m0/s1. The molecular weight excluding hydrogens is 404 g/mol. The third-order valence-corrected chi connectivity index (χ3v) is 12.2. The average molecular weight is 457 g/mol. The highest BCUT2D eigenvalue weighted by Crippen LogP contribution is 2.73. The highest BCUT2D eigenvalue weighted by Gasteiger charge is 2.64. The Morgan fingerprint density at radius 2 is 1.61 bits per heavy atom. The van der Waals surface area contributed by atoms with Crippen molar-refractivity contribution in [3.8, 4) is 0 Å². The molecule has 3 fully saturated rings. The molecule has 33 heavy (non-hydrogen) atoms. The zero-order chi connectivity index (χ0) is 24.4. The van der Waals surface area contributed by atoms with Gasteiger partial charge in [-0.15, -0.1) is 0 Å². The van der Waals surface area contributed by atoms with Crippen molar-refractivity contribution in [2.75, 3.05) is 7.11 Å². The molecule has 2 nitrogen and oxygen atoms in total. The average Bonchev–Trinajstić information content (AvgIpc) is 2.73. The molecule has 0 saturated heterocycles. The Morgan fingerprint density at radius 3 is 2.24 bits per heavy atom. The fourth-order valence-electron chi connectivity index (χ4n) is 9.83. The minimum Gasteiger partial charge on any atom is -0.469 e. The lowest BCUT2D eigenvalue weighted by Gasteiger charge is -2.68. The van der Waals surface area contributed by atoms with Crippen LogP contribution >= 0.6 is 0 Å². The van der Waals surface area contributed by atoms with Crippen LogP contribution in [0.5, 0.6) is 0 Å². The van der Waals surface area contributed by atoms with Crippen molar-refractivity contribution < 1.29 is 9.53 Å². The predicted octanol–water partition coefficient (Wildman–Crippen LogP) is 8.74. The van der Waals surface area contributed by atoms with Crippen LogP contribution in [0.25, 0.3) is 0 Å². The van der Waals surface area contributed by atoms with Gasteiger partial charge < -0.3 is 4.74 Å². The molecule has 3 saturated carbocycles. The van der Waals surface area contributed by atoms with E-state index in [1.54, 1.807) is 7.11 Å². The lowest BCUT2D eigenvalue weighted by Crippen LogP contribution is -2.60. The summed E-state index contributed by atoms with van der Waals surface area (Å²) >= 11 is 0. The van der Waals surface area contributed by atoms with Gasteiger partial charge in [0.25, 0.3) is 0 Å². The van der Waals surface area contributed by atoms with Crippen molar-refractivity contribution >= 4 is 5.97 Å². The van der Waals surface area contributed by atoms with Crippen LogP contribution in [0.4, 0.5) is 0 Å². The number of hydrogen-bond donors (Lipinski definition) is 0. The lowest BCUT2D eigenvalue weighted by molar-refractivity contribution is -0.158. The van der Waals surface area contributed by atoms with E-state index in [4.69, 9.17) is 4.74 Å². The highest BCUT2D eigenvalue weighted by atomic mass is 16.5. The van der Waals surface area contributed by atoms with Crippen molar-refractivity contribution in [3.63, 3.8) is 0 Å². The molecule has 6 atom stereocenters. The molecule has 4 aliphatic rings. The van der Waals surface area contributed by atoms with E-state index in [0.717, 1.165) is 6.42 Å². The number of rotatable bonds is 4. The van der Waals surface area contributed by atoms with Crippen LogP contribution in [0, 0.1) is 44.8 Å². The third-order valence-electron chi connectivity index (χ3n) is 12.2. The summed E-state index contributed by atoms with van der Waals surface area (Å²) in [5, 5.41) is 0. The molecule has 4 rings (SSSR count). The largest absolute Gasteiger partial charge is 0.469 e. The summed E-state index contributed by atoms with van der Waals surface area (Å²) in [6, 6.07) is 0.